The Morgan fingerprint density at radius 2 is 0.557 bits per heavy atom. The summed E-state index contributed by atoms with van der Waals surface area (Å²) in [6, 6.07) is 0. The Morgan fingerprint density at radius 1 is 0.300 bits per heavy atom. The van der Waals surface area contributed by atoms with Crippen molar-refractivity contribution in [3.8, 4) is 0 Å². The third kappa shape index (κ3) is 56.3. The van der Waals surface area contributed by atoms with Crippen molar-refractivity contribution in [1.29, 1.82) is 0 Å². The summed E-state index contributed by atoms with van der Waals surface area (Å²) in [4.78, 5) is 38.1. The number of rotatable bonds is 56. The molecule has 0 amide bonds. The van der Waals surface area contributed by atoms with Gasteiger partial charge in [0.2, 0.25) is 0 Å². The second-order valence-electron chi connectivity index (χ2n) is 20.6. The van der Waals surface area contributed by atoms with Gasteiger partial charge in [-0.3, -0.25) is 14.4 Å². The molecule has 0 aromatic carbocycles. The molecule has 70 heavy (non-hydrogen) atoms. The molecule has 0 aromatic heterocycles. The number of ether oxygens (including phenoxy) is 3. The molecule has 0 saturated heterocycles. The summed E-state index contributed by atoms with van der Waals surface area (Å²) in [5.74, 6) is -0.914. The first kappa shape index (κ1) is 67.4. The van der Waals surface area contributed by atoms with Gasteiger partial charge in [-0.2, -0.15) is 0 Å². The molecule has 0 aromatic rings. The Balaban J connectivity index is 4.16. The predicted octanol–water partition coefficient (Wildman–Crippen LogP) is 20.6. The van der Waals surface area contributed by atoms with E-state index in [0.717, 1.165) is 77.0 Å². The molecule has 1 atom stereocenters. The van der Waals surface area contributed by atoms with Crippen molar-refractivity contribution in [1.82, 2.24) is 0 Å². The molecule has 0 radical (unpaired) electrons. The van der Waals surface area contributed by atoms with Crippen LogP contribution in [0, 0.1) is 0 Å². The molecule has 6 heteroatoms. The summed E-state index contributed by atoms with van der Waals surface area (Å²) >= 11 is 0. The van der Waals surface area contributed by atoms with E-state index >= 15 is 0 Å². The highest BCUT2D eigenvalue weighted by atomic mass is 16.6. The fourth-order valence-corrected chi connectivity index (χ4v) is 9.02. The van der Waals surface area contributed by atoms with Gasteiger partial charge in [-0.1, -0.05) is 294 Å². The van der Waals surface area contributed by atoms with E-state index in [4.69, 9.17) is 14.2 Å². The Morgan fingerprint density at radius 3 is 0.871 bits per heavy atom. The molecule has 0 N–H and O–H groups in total. The van der Waals surface area contributed by atoms with Crippen LogP contribution in [0.1, 0.15) is 323 Å². The molecular weight excluding hydrogens is 865 g/mol. The molecule has 1 unspecified atom stereocenters. The predicted molar refractivity (Wildman–Crippen MR) is 302 cm³/mol. The van der Waals surface area contributed by atoms with Gasteiger partial charge < -0.3 is 14.2 Å². The summed E-state index contributed by atoms with van der Waals surface area (Å²) in [5.41, 5.74) is 0. The van der Waals surface area contributed by atoms with Crippen LogP contribution in [-0.4, -0.2) is 37.2 Å². The molecule has 0 heterocycles. The SMILES string of the molecule is CC/C=C\C/C=C\C/C=C\C/C=C\CCCCC(=O)OC(COC(=O)CCCCCCCCCCCC)COC(=O)CCCCCCCCCCCCCCCCCCCCCCCCCCCCC. The largest absolute Gasteiger partial charge is 0.462 e. The van der Waals surface area contributed by atoms with Gasteiger partial charge in [0.1, 0.15) is 13.2 Å². The van der Waals surface area contributed by atoms with E-state index in [1.807, 2.05) is 0 Å². The molecule has 0 rings (SSSR count). The fourth-order valence-electron chi connectivity index (χ4n) is 9.02. The first-order valence-corrected chi connectivity index (χ1v) is 30.6. The van der Waals surface area contributed by atoms with Gasteiger partial charge in [-0.25, -0.2) is 0 Å². The number of allylic oxidation sites excluding steroid dienone is 8. The van der Waals surface area contributed by atoms with Gasteiger partial charge in [-0.15, -0.1) is 0 Å². The van der Waals surface area contributed by atoms with Gasteiger partial charge >= 0.3 is 17.9 Å². The molecule has 0 fully saturated rings. The summed E-state index contributed by atoms with van der Waals surface area (Å²) in [6.07, 6.45) is 72.8. The Hall–Kier alpha value is -2.63. The van der Waals surface area contributed by atoms with Gasteiger partial charge in [0, 0.05) is 19.3 Å². The highest BCUT2D eigenvalue weighted by Gasteiger charge is 2.19. The van der Waals surface area contributed by atoms with E-state index < -0.39 is 6.10 Å². The number of carbonyl (C=O) groups is 3. The van der Waals surface area contributed by atoms with Crippen molar-refractivity contribution in [2.24, 2.45) is 0 Å². The van der Waals surface area contributed by atoms with Crippen LogP contribution in [-0.2, 0) is 28.6 Å². The van der Waals surface area contributed by atoms with Crippen molar-refractivity contribution in [3.05, 3.63) is 48.6 Å². The van der Waals surface area contributed by atoms with Crippen LogP contribution in [0.3, 0.4) is 0 Å². The van der Waals surface area contributed by atoms with Crippen LogP contribution in [0.2, 0.25) is 0 Å². The van der Waals surface area contributed by atoms with Crippen LogP contribution >= 0.6 is 0 Å². The fraction of sp³-hybridized carbons (Fsp3) is 0.828. The van der Waals surface area contributed by atoms with Crippen molar-refractivity contribution in [3.63, 3.8) is 0 Å². The zero-order chi connectivity index (χ0) is 50.7. The monoisotopic (exact) mass is 981 g/mol. The molecule has 408 valence electrons. The van der Waals surface area contributed by atoms with Crippen molar-refractivity contribution >= 4 is 17.9 Å². The third-order valence-corrected chi connectivity index (χ3v) is 13.6. The molecular formula is C64H116O6. The summed E-state index contributed by atoms with van der Waals surface area (Å²) in [5, 5.41) is 0. The molecule has 0 aliphatic carbocycles. The third-order valence-electron chi connectivity index (χ3n) is 13.6. The minimum Gasteiger partial charge on any atom is -0.462 e. The molecule has 6 nitrogen and oxygen atoms in total. The number of hydrogen-bond acceptors (Lipinski definition) is 6. The van der Waals surface area contributed by atoms with Crippen LogP contribution in [0.15, 0.2) is 48.6 Å². The zero-order valence-electron chi connectivity index (χ0n) is 46.8. The number of unbranched alkanes of at least 4 members (excludes halogenated alkanes) is 37. The highest BCUT2D eigenvalue weighted by molar-refractivity contribution is 5.71. The van der Waals surface area contributed by atoms with E-state index in [1.54, 1.807) is 0 Å². The quantitative estimate of drug-likeness (QED) is 0.0261. The van der Waals surface area contributed by atoms with Crippen molar-refractivity contribution in [2.45, 2.75) is 329 Å². The Kier molecular flexibility index (Phi) is 56.7. The Bertz CT molecular complexity index is 1220. The second-order valence-corrected chi connectivity index (χ2v) is 20.6. The topological polar surface area (TPSA) is 78.9 Å². The average Bonchev–Trinajstić information content (AvgIpc) is 3.36. The number of esters is 3. The van der Waals surface area contributed by atoms with E-state index in [2.05, 4.69) is 69.4 Å². The first-order valence-electron chi connectivity index (χ1n) is 30.6. The number of hydrogen-bond donors (Lipinski definition) is 0. The maximum absolute atomic E-state index is 12.8. The molecule has 0 saturated carbocycles. The lowest BCUT2D eigenvalue weighted by molar-refractivity contribution is -0.167. The summed E-state index contributed by atoms with van der Waals surface area (Å²) in [7, 11) is 0. The zero-order valence-corrected chi connectivity index (χ0v) is 46.8. The van der Waals surface area contributed by atoms with E-state index in [9.17, 15) is 14.4 Å². The average molecular weight is 982 g/mol. The van der Waals surface area contributed by atoms with Gasteiger partial charge in [-0.05, 0) is 57.8 Å². The summed E-state index contributed by atoms with van der Waals surface area (Å²) in [6.45, 7) is 6.52. The van der Waals surface area contributed by atoms with Crippen LogP contribution in [0.4, 0.5) is 0 Å². The lowest BCUT2D eigenvalue weighted by Crippen LogP contribution is -2.30. The van der Waals surface area contributed by atoms with Gasteiger partial charge in [0.15, 0.2) is 6.10 Å². The van der Waals surface area contributed by atoms with Crippen molar-refractivity contribution < 1.29 is 28.6 Å². The number of carbonyl (C=O) groups excluding carboxylic acids is 3. The minimum absolute atomic E-state index is 0.0857. The van der Waals surface area contributed by atoms with Gasteiger partial charge in [0.05, 0.1) is 0 Å². The van der Waals surface area contributed by atoms with Gasteiger partial charge in [0.25, 0.3) is 0 Å². The van der Waals surface area contributed by atoms with Crippen LogP contribution in [0.5, 0.6) is 0 Å². The molecule has 0 aliphatic heterocycles. The highest BCUT2D eigenvalue weighted by Crippen LogP contribution is 2.17. The van der Waals surface area contributed by atoms with Crippen LogP contribution in [0.25, 0.3) is 0 Å². The Labute approximate surface area is 435 Å². The first-order chi connectivity index (χ1) is 34.5. The standard InChI is InChI=1S/C64H116O6/c1-4-7-10-13-16-19-22-24-26-27-28-29-30-31-32-33-34-35-36-37-39-40-42-45-48-51-54-57-63(66)69-60-61(59-68-62(65)56-53-50-47-44-21-18-15-12-9-6-3)70-64(67)58-55-52-49-46-43-41-38-25-23-20-17-14-11-8-5-2/h8,11,17,20,25,38,43,46,61H,4-7,9-10,12-16,18-19,21-24,26-37,39-42,44-45,47-60H2,1-3H3/b11-8-,20-17-,38-25-,46-43-. The minimum atomic E-state index is -0.791. The van der Waals surface area contributed by atoms with Crippen molar-refractivity contribution in [2.75, 3.05) is 13.2 Å². The lowest BCUT2D eigenvalue weighted by Gasteiger charge is -2.18. The maximum atomic E-state index is 12.8. The molecule has 0 aliphatic rings. The normalized spacial score (nSPS) is 12.3. The van der Waals surface area contributed by atoms with E-state index in [-0.39, 0.29) is 37.5 Å². The molecule has 0 spiro atoms. The van der Waals surface area contributed by atoms with Crippen LogP contribution < -0.4 is 0 Å². The van der Waals surface area contributed by atoms with E-state index in [0.29, 0.717) is 19.3 Å². The lowest BCUT2D eigenvalue weighted by atomic mass is 10.0. The summed E-state index contributed by atoms with van der Waals surface area (Å²) < 4.78 is 16.8. The van der Waals surface area contributed by atoms with E-state index in [1.165, 1.54) is 199 Å². The second kappa shape index (κ2) is 58.9. The smallest absolute Gasteiger partial charge is 0.306 e. The molecule has 0 bridgehead atoms. The maximum Gasteiger partial charge on any atom is 0.306 e.